The number of halogens is 2. The molecule has 0 saturated heterocycles. The molecule has 1 N–H and O–H groups in total. The molecule has 20 heavy (non-hydrogen) atoms. The Bertz CT molecular complexity index is 588. The zero-order valence-corrected chi connectivity index (χ0v) is 12.4. The first-order valence-electron chi connectivity index (χ1n) is 6.66. The van der Waals surface area contributed by atoms with E-state index in [-0.39, 0.29) is 6.10 Å². The number of anilines is 1. The predicted molar refractivity (Wildman–Crippen MR) is 84.1 cm³/mol. The number of nitrogens with one attached hydrogen (secondary N) is 1. The lowest BCUT2D eigenvalue weighted by molar-refractivity contribution is 0.206. The van der Waals surface area contributed by atoms with E-state index in [9.17, 15) is 0 Å². The molecule has 1 unspecified atom stereocenters. The van der Waals surface area contributed by atoms with Crippen molar-refractivity contribution in [2.45, 2.75) is 18.9 Å². The van der Waals surface area contributed by atoms with Gasteiger partial charge in [-0.3, -0.25) is 0 Å². The monoisotopic (exact) mass is 307 g/mol. The lowest BCUT2D eigenvalue weighted by Gasteiger charge is -2.18. The molecule has 2 nitrogen and oxygen atoms in total. The fourth-order valence-corrected chi connectivity index (χ4v) is 2.72. The summed E-state index contributed by atoms with van der Waals surface area (Å²) >= 11 is 12.1. The van der Waals surface area contributed by atoms with Gasteiger partial charge in [0.05, 0.1) is 11.6 Å². The summed E-state index contributed by atoms with van der Waals surface area (Å²) in [5.74, 6) is 0.650. The number of benzene rings is 2. The molecule has 3 rings (SSSR count). The van der Waals surface area contributed by atoms with Crippen LogP contribution in [-0.4, -0.2) is 12.6 Å². The van der Waals surface area contributed by atoms with Crippen LogP contribution in [0.1, 0.15) is 12.0 Å². The van der Waals surface area contributed by atoms with Gasteiger partial charge in [0.2, 0.25) is 0 Å². The molecule has 2 aromatic rings. The maximum atomic E-state index is 6.14. The minimum atomic E-state index is 0.0818. The smallest absolute Gasteiger partial charge is 0.139 e. The van der Waals surface area contributed by atoms with Crippen LogP contribution in [0.5, 0.6) is 5.75 Å². The van der Waals surface area contributed by atoms with Gasteiger partial charge in [0, 0.05) is 16.8 Å². The van der Waals surface area contributed by atoms with Crippen molar-refractivity contribution in [3.05, 3.63) is 58.1 Å². The van der Waals surface area contributed by atoms with Gasteiger partial charge in [0.1, 0.15) is 11.9 Å². The zero-order chi connectivity index (χ0) is 13.9. The first-order chi connectivity index (χ1) is 9.72. The van der Waals surface area contributed by atoms with Gasteiger partial charge in [-0.1, -0.05) is 41.4 Å². The standard InChI is InChI=1S/C16H15Cl2NO/c17-12-6-8-14(18)16(9-12)20-13-7-5-11-3-1-2-4-15(11)19-10-13/h1-4,6,8-9,13,19H,5,7,10H2. The van der Waals surface area contributed by atoms with Gasteiger partial charge in [-0.15, -0.1) is 0 Å². The SMILES string of the molecule is Clc1ccc(Cl)c(OC2CCc3ccccc3NC2)c1. The van der Waals surface area contributed by atoms with Crippen LogP contribution < -0.4 is 10.1 Å². The molecule has 104 valence electrons. The summed E-state index contributed by atoms with van der Waals surface area (Å²) in [5, 5.41) is 4.66. The molecule has 1 heterocycles. The molecule has 0 amide bonds. The Balaban J connectivity index is 1.73. The zero-order valence-electron chi connectivity index (χ0n) is 10.9. The van der Waals surface area contributed by atoms with Gasteiger partial charge in [-0.05, 0) is 36.6 Å². The van der Waals surface area contributed by atoms with E-state index < -0.39 is 0 Å². The average molecular weight is 308 g/mol. The van der Waals surface area contributed by atoms with Crippen LogP contribution in [0.15, 0.2) is 42.5 Å². The largest absolute Gasteiger partial charge is 0.487 e. The molecule has 1 atom stereocenters. The van der Waals surface area contributed by atoms with E-state index >= 15 is 0 Å². The van der Waals surface area contributed by atoms with Gasteiger partial charge in [0.15, 0.2) is 0 Å². The highest BCUT2D eigenvalue weighted by atomic mass is 35.5. The van der Waals surface area contributed by atoms with Crippen LogP contribution in [0.25, 0.3) is 0 Å². The van der Waals surface area contributed by atoms with E-state index in [2.05, 4.69) is 23.5 Å². The van der Waals surface area contributed by atoms with Crippen molar-refractivity contribution < 1.29 is 4.74 Å². The van der Waals surface area contributed by atoms with Crippen molar-refractivity contribution in [3.63, 3.8) is 0 Å². The third-order valence-electron chi connectivity index (χ3n) is 3.46. The number of rotatable bonds is 2. The van der Waals surface area contributed by atoms with E-state index in [0.717, 1.165) is 19.4 Å². The maximum absolute atomic E-state index is 6.14. The van der Waals surface area contributed by atoms with E-state index in [4.69, 9.17) is 27.9 Å². The predicted octanol–water partition coefficient (Wildman–Crippen LogP) is 4.80. The average Bonchev–Trinajstić information content (AvgIpc) is 2.66. The van der Waals surface area contributed by atoms with Crippen LogP contribution in [0.3, 0.4) is 0 Å². The minimum Gasteiger partial charge on any atom is -0.487 e. The highest BCUT2D eigenvalue weighted by molar-refractivity contribution is 6.34. The fourth-order valence-electron chi connectivity index (χ4n) is 2.40. The summed E-state index contributed by atoms with van der Waals surface area (Å²) in [6.07, 6.45) is 2.03. The molecule has 0 radical (unpaired) electrons. The van der Waals surface area contributed by atoms with Crippen molar-refractivity contribution in [1.29, 1.82) is 0 Å². The Morgan fingerprint density at radius 2 is 1.95 bits per heavy atom. The van der Waals surface area contributed by atoms with Crippen molar-refractivity contribution in [1.82, 2.24) is 0 Å². The number of hydrogen-bond acceptors (Lipinski definition) is 2. The van der Waals surface area contributed by atoms with Crippen molar-refractivity contribution in [3.8, 4) is 5.75 Å². The molecule has 0 spiro atoms. The Kier molecular flexibility index (Phi) is 4.04. The Morgan fingerprint density at radius 3 is 2.85 bits per heavy atom. The van der Waals surface area contributed by atoms with Gasteiger partial charge >= 0.3 is 0 Å². The minimum absolute atomic E-state index is 0.0818. The van der Waals surface area contributed by atoms with Crippen LogP contribution in [-0.2, 0) is 6.42 Å². The summed E-state index contributed by atoms with van der Waals surface area (Å²) in [7, 11) is 0. The maximum Gasteiger partial charge on any atom is 0.139 e. The topological polar surface area (TPSA) is 21.3 Å². The molecule has 0 aromatic heterocycles. The Labute approximate surface area is 128 Å². The summed E-state index contributed by atoms with van der Waals surface area (Å²) in [6, 6.07) is 13.6. The highest BCUT2D eigenvalue weighted by Crippen LogP contribution is 2.30. The highest BCUT2D eigenvalue weighted by Gasteiger charge is 2.17. The Hall–Kier alpha value is -1.38. The number of aryl methyl sites for hydroxylation is 1. The van der Waals surface area contributed by atoms with Crippen LogP contribution in [0.2, 0.25) is 10.0 Å². The van der Waals surface area contributed by atoms with Gasteiger partial charge in [0.25, 0.3) is 0 Å². The van der Waals surface area contributed by atoms with Gasteiger partial charge in [-0.25, -0.2) is 0 Å². The Morgan fingerprint density at radius 1 is 1.10 bits per heavy atom. The fraction of sp³-hybridized carbons (Fsp3) is 0.250. The molecular formula is C16H15Cl2NO. The van der Waals surface area contributed by atoms with Crippen LogP contribution in [0.4, 0.5) is 5.69 Å². The van der Waals surface area contributed by atoms with Crippen molar-refractivity contribution >= 4 is 28.9 Å². The first kappa shape index (κ1) is 13.6. The normalized spacial score (nSPS) is 17.8. The number of para-hydroxylation sites is 1. The summed E-state index contributed by atoms with van der Waals surface area (Å²) in [5.41, 5.74) is 2.52. The van der Waals surface area contributed by atoms with Gasteiger partial charge < -0.3 is 10.1 Å². The molecule has 0 aliphatic carbocycles. The number of fused-ring (bicyclic) bond motifs is 1. The van der Waals surface area contributed by atoms with Crippen molar-refractivity contribution in [2.75, 3.05) is 11.9 Å². The third kappa shape index (κ3) is 3.02. The molecule has 0 fully saturated rings. The molecular weight excluding hydrogens is 293 g/mol. The molecule has 0 bridgehead atoms. The van der Waals surface area contributed by atoms with E-state index in [1.54, 1.807) is 18.2 Å². The lowest BCUT2D eigenvalue weighted by Crippen LogP contribution is -2.25. The van der Waals surface area contributed by atoms with E-state index in [1.807, 2.05) is 6.07 Å². The molecule has 4 heteroatoms. The first-order valence-corrected chi connectivity index (χ1v) is 7.41. The quantitative estimate of drug-likeness (QED) is 0.860. The molecule has 0 saturated carbocycles. The second-order valence-corrected chi connectivity index (χ2v) is 5.73. The van der Waals surface area contributed by atoms with Crippen LogP contribution in [0, 0.1) is 0 Å². The molecule has 1 aliphatic rings. The van der Waals surface area contributed by atoms with E-state index in [1.165, 1.54) is 11.3 Å². The van der Waals surface area contributed by atoms with Crippen LogP contribution >= 0.6 is 23.2 Å². The number of hydrogen-bond donors (Lipinski definition) is 1. The summed E-state index contributed by atoms with van der Waals surface area (Å²) in [4.78, 5) is 0. The summed E-state index contributed by atoms with van der Waals surface area (Å²) < 4.78 is 6.00. The molecule has 1 aliphatic heterocycles. The van der Waals surface area contributed by atoms with E-state index in [0.29, 0.717) is 15.8 Å². The summed E-state index contributed by atoms with van der Waals surface area (Å²) in [6.45, 7) is 0.764. The van der Waals surface area contributed by atoms with Gasteiger partial charge in [-0.2, -0.15) is 0 Å². The second-order valence-electron chi connectivity index (χ2n) is 4.89. The van der Waals surface area contributed by atoms with Crippen molar-refractivity contribution in [2.24, 2.45) is 0 Å². The second kappa shape index (κ2) is 5.94. The lowest BCUT2D eigenvalue weighted by atomic mass is 10.1. The molecule has 2 aromatic carbocycles. The number of ether oxygens (including phenoxy) is 1. The third-order valence-corrected chi connectivity index (χ3v) is 4.01.